The number of fused-ring (bicyclic) bond motifs is 3. The van der Waals surface area contributed by atoms with Gasteiger partial charge in [0.15, 0.2) is 5.41 Å². The van der Waals surface area contributed by atoms with E-state index >= 15 is 0 Å². The van der Waals surface area contributed by atoms with Crippen molar-refractivity contribution in [3.05, 3.63) is 114 Å². The number of hydrogen-bond acceptors (Lipinski definition) is 4. The summed E-state index contributed by atoms with van der Waals surface area (Å²) in [4.78, 5) is 43.5. The molecule has 6 nitrogen and oxygen atoms in total. The smallest absolute Gasteiger partial charge is 0.332 e. The van der Waals surface area contributed by atoms with E-state index < -0.39 is 41.0 Å². The number of amides is 4. The van der Waals surface area contributed by atoms with Crippen LogP contribution < -0.4 is 5.32 Å². The second-order valence-electron chi connectivity index (χ2n) is 9.60. The van der Waals surface area contributed by atoms with Gasteiger partial charge in [0.05, 0.1) is 6.04 Å². The molecule has 2 aliphatic rings. The van der Waals surface area contributed by atoms with Crippen LogP contribution in [-0.2, 0) is 9.59 Å². The molecule has 7 heteroatoms. The largest absolute Gasteiger partial charge is 0.376 e. The van der Waals surface area contributed by atoms with Crippen LogP contribution in [0.15, 0.2) is 91.0 Å². The van der Waals surface area contributed by atoms with Crippen LogP contribution in [0.3, 0.4) is 0 Å². The van der Waals surface area contributed by atoms with E-state index in [1.807, 2.05) is 66.7 Å². The number of barbiturate groups is 1. The van der Waals surface area contributed by atoms with Gasteiger partial charge in [-0.05, 0) is 34.2 Å². The molecule has 1 saturated heterocycles. The van der Waals surface area contributed by atoms with E-state index in [1.54, 1.807) is 12.1 Å². The van der Waals surface area contributed by atoms with Crippen molar-refractivity contribution in [1.29, 1.82) is 0 Å². The van der Waals surface area contributed by atoms with Crippen LogP contribution in [0, 0.1) is 11.2 Å². The lowest BCUT2D eigenvalue weighted by Crippen LogP contribution is -2.68. The summed E-state index contributed by atoms with van der Waals surface area (Å²) in [5.74, 6) is -2.42. The zero-order valence-electron chi connectivity index (χ0n) is 20.3. The second kappa shape index (κ2) is 8.27. The molecule has 184 valence electrons. The van der Waals surface area contributed by atoms with Gasteiger partial charge in [0.1, 0.15) is 5.82 Å². The third-order valence-corrected chi connectivity index (χ3v) is 7.70. The quantitative estimate of drug-likeness (QED) is 0.384. The fourth-order valence-electron chi connectivity index (χ4n) is 5.99. The number of carbonyl (C=O) groups excluding carboxylic acids is 3. The van der Waals surface area contributed by atoms with Gasteiger partial charge >= 0.3 is 6.03 Å². The third-order valence-electron chi connectivity index (χ3n) is 7.70. The Kier molecular flexibility index (Phi) is 5.12. The summed E-state index contributed by atoms with van der Waals surface area (Å²) in [6.07, 6.45) is 0. The van der Waals surface area contributed by atoms with Crippen molar-refractivity contribution in [3.63, 3.8) is 0 Å². The number of rotatable bonds is 2. The molecule has 1 N–H and O–H groups in total. The van der Waals surface area contributed by atoms with E-state index in [-0.39, 0.29) is 0 Å². The number of halogens is 1. The number of nitrogens with one attached hydrogen (secondary N) is 1. The first kappa shape index (κ1) is 22.9. The maximum Gasteiger partial charge on any atom is 0.332 e. The Morgan fingerprint density at radius 2 is 1.35 bits per heavy atom. The van der Waals surface area contributed by atoms with Crippen LogP contribution >= 0.6 is 0 Å². The molecule has 0 bridgehead atoms. The van der Waals surface area contributed by atoms with Crippen LogP contribution in [-0.4, -0.2) is 41.7 Å². The van der Waals surface area contributed by atoms with Crippen molar-refractivity contribution in [3.8, 4) is 0 Å². The molecule has 2 heterocycles. The molecule has 0 aromatic heterocycles. The van der Waals surface area contributed by atoms with Crippen LogP contribution in [0.25, 0.3) is 10.8 Å². The minimum absolute atomic E-state index is 0.421. The number of benzene rings is 4. The Balaban J connectivity index is 1.75. The predicted octanol–water partition coefficient (Wildman–Crippen LogP) is 5.31. The standard InChI is InChI=1S/C30H24FN3O3/c1-33-27(35)30(28(36)34(2)29(33)37)24(19-12-15-21(31)16-13-19)23-17-14-18-8-6-7-11-22(18)25(23)32-26(30)20-9-4-3-5-10-20/h3-17,24,26,32H,1-2H3. The Bertz CT molecular complexity index is 1540. The van der Waals surface area contributed by atoms with Gasteiger partial charge in [0, 0.05) is 31.1 Å². The van der Waals surface area contributed by atoms with Crippen LogP contribution in [0.2, 0.25) is 0 Å². The maximum absolute atomic E-state index is 14.3. The molecule has 0 radical (unpaired) electrons. The molecule has 1 spiro atoms. The van der Waals surface area contributed by atoms with Crippen LogP contribution in [0.5, 0.6) is 0 Å². The number of hydrogen-bond donors (Lipinski definition) is 1. The molecule has 4 aromatic rings. The Labute approximate surface area is 213 Å². The molecule has 2 atom stereocenters. The molecule has 0 aliphatic carbocycles. The summed E-state index contributed by atoms with van der Waals surface area (Å²) in [6.45, 7) is 0. The average Bonchev–Trinajstić information content (AvgIpc) is 2.94. The number of anilines is 1. The van der Waals surface area contributed by atoms with E-state index in [9.17, 15) is 18.8 Å². The van der Waals surface area contributed by atoms with Gasteiger partial charge in [0.2, 0.25) is 11.8 Å². The molecule has 37 heavy (non-hydrogen) atoms. The van der Waals surface area contributed by atoms with Crippen molar-refractivity contribution < 1.29 is 18.8 Å². The lowest BCUT2D eigenvalue weighted by Gasteiger charge is -2.53. The zero-order chi connectivity index (χ0) is 25.9. The topological polar surface area (TPSA) is 69.7 Å². The highest BCUT2D eigenvalue weighted by atomic mass is 19.1. The molecule has 1 fully saturated rings. The molecule has 6 rings (SSSR count). The monoisotopic (exact) mass is 493 g/mol. The molecular weight excluding hydrogens is 469 g/mol. The summed E-state index contributed by atoms with van der Waals surface area (Å²) in [6, 6.07) is 25.5. The highest BCUT2D eigenvalue weighted by molar-refractivity contribution is 6.21. The Hall–Kier alpha value is -4.52. The number of urea groups is 1. The van der Waals surface area contributed by atoms with E-state index in [2.05, 4.69) is 5.32 Å². The summed E-state index contributed by atoms with van der Waals surface area (Å²) < 4.78 is 14.1. The fourth-order valence-corrected chi connectivity index (χ4v) is 5.99. The second-order valence-corrected chi connectivity index (χ2v) is 9.60. The summed E-state index contributed by atoms with van der Waals surface area (Å²) >= 11 is 0. The molecule has 2 unspecified atom stereocenters. The number of imide groups is 2. The van der Waals surface area contributed by atoms with Gasteiger partial charge in [-0.3, -0.25) is 19.4 Å². The van der Waals surface area contributed by atoms with E-state index in [0.717, 1.165) is 37.4 Å². The minimum atomic E-state index is -1.74. The predicted molar refractivity (Wildman–Crippen MR) is 138 cm³/mol. The van der Waals surface area contributed by atoms with Crippen molar-refractivity contribution in [2.75, 3.05) is 19.4 Å². The van der Waals surface area contributed by atoms with Crippen molar-refractivity contribution in [2.45, 2.75) is 12.0 Å². The van der Waals surface area contributed by atoms with Crippen LogP contribution in [0.4, 0.5) is 14.9 Å². The van der Waals surface area contributed by atoms with Gasteiger partial charge in [-0.2, -0.15) is 0 Å². The van der Waals surface area contributed by atoms with Crippen molar-refractivity contribution in [2.24, 2.45) is 5.41 Å². The van der Waals surface area contributed by atoms with Crippen molar-refractivity contribution in [1.82, 2.24) is 9.80 Å². The van der Waals surface area contributed by atoms with Gasteiger partial charge < -0.3 is 5.32 Å². The zero-order valence-corrected chi connectivity index (χ0v) is 20.3. The van der Waals surface area contributed by atoms with E-state index in [4.69, 9.17) is 0 Å². The number of carbonyl (C=O) groups is 3. The fraction of sp³-hybridized carbons (Fsp3) is 0.167. The van der Waals surface area contributed by atoms with E-state index in [1.165, 1.54) is 26.2 Å². The molecule has 2 aliphatic heterocycles. The summed E-state index contributed by atoms with van der Waals surface area (Å²) in [5, 5.41) is 5.51. The first-order chi connectivity index (χ1) is 17.9. The number of nitrogens with zero attached hydrogens (tertiary/aromatic N) is 2. The highest BCUT2D eigenvalue weighted by Gasteiger charge is 2.66. The molecule has 4 aromatic carbocycles. The summed E-state index contributed by atoms with van der Waals surface area (Å²) in [7, 11) is 2.80. The maximum atomic E-state index is 14.3. The Morgan fingerprint density at radius 3 is 2.03 bits per heavy atom. The van der Waals surface area contributed by atoms with Crippen molar-refractivity contribution >= 4 is 34.3 Å². The average molecular weight is 494 g/mol. The normalized spacial score (nSPS) is 20.8. The van der Waals surface area contributed by atoms with Crippen LogP contribution in [0.1, 0.15) is 28.7 Å². The van der Waals surface area contributed by atoms with Gasteiger partial charge in [-0.25, -0.2) is 9.18 Å². The molecule has 4 amide bonds. The molecular formula is C30H24FN3O3. The van der Waals surface area contributed by atoms with Gasteiger partial charge in [-0.1, -0.05) is 78.9 Å². The minimum Gasteiger partial charge on any atom is -0.376 e. The molecule has 0 saturated carbocycles. The lowest BCUT2D eigenvalue weighted by atomic mass is 9.58. The first-order valence-corrected chi connectivity index (χ1v) is 12.0. The third kappa shape index (κ3) is 3.13. The van der Waals surface area contributed by atoms with E-state index in [0.29, 0.717) is 5.56 Å². The van der Waals surface area contributed by atoms with Gasteiger partial charge in [0.25, 0.3) is 0 Å². The highest BCUT2D eigenvalue weighted by Crippen LogP contribution is 2.59. The Morgan fingerprint density at radius 1 is 0.730 bits per heavy atom. The summed E-state index contributed by atoms with van der Waals surface area (Å²) in [5.41, 5.74) is 1.13. The first-order valence-electron chi connectivity index (χ1n) is 12.0. The lowest BCUT2D eigenvalue weighted by molar-refractivity contribution is -0.160. The van der Waals surface area contributed by atoms with Gasteiger partial charge in [-0.15, -0.1) is 0 Å². The SMILES string of the molecule is CN1C(=O)N(C)C(=O)C2(C1=O)C(c1ccccc1)Nc1c(ccc3ccccc13)C2c1ccc(F)cc1.